The first-order valence-corrected chi connectivity index (χ1v) is 6.71. The van der Waals surface area contributed by atoms with Crippen LogP contribution in [0.5, 0.6) is 0 Å². The predicted octanol–water partition coefficient (Wildman–Crippen LogP) is 2.47. The maximum Gasteiger partial charge on any atom is 0.227 e. The van der Waals surface area contributed by atoms with Crippen molar-refractivity contribution in [2.75, 3.05) is 12.4 Å². The topological polar surface area (TPSA) is 58.6 Å². The van der Waals surface area contributed by atoms with Crippen molar-refractivity contribution >= 4 is 11.6 Å². The highest BCUT2D eigenvalue weighted by atomic mass is 16.5. The predicted molar refractivity (Wildman–Crippen MR) is 73.8 cm³/mol. The summed E-state index contributed by atoms with van der Waals surface area (Å²) in [6, 6.07) is 7.56. The summed E-state index contributed by atoms with van der Waals surface area (Å²) < 4.78 is 5.06. The SMILES string of the molecule is COCc1cccc(NC(=O)CC2(O)CCCC2)c1. The Morgan fingerprint density at radius 1 is 1.42 bits per heavy atom. The molecule has 4 heteroatoms. The van der Waals surface area contributed by atoms with Gasteiger partial charge in [0.15, 0.2) is 0 Å². The van der Waals surface area contributed by atoms with Gasteiger partial charge < -0.3 is 15.2 Å². The van der Waals surface area contributed by atoms with E-state index in [2.05, 4.69) is 5.32 Å². The van der Waals surface area contributed by atoms with Gasteiger partial charge in [0.25, 0.3) is 0 Å². The Labute approximate surface area is 113 Å². The second-order valence-corrected chi connectivity index (χ2v) is 5.29. The van der Waals surface area contributed by atoms with Gasteiger partial charge in [0.2, 0.25) is 5.91 Å². The van der Waals surface area contributed by atoms with Crippen LogP contribution in [0.2, 0.25) is 0 Å². The van der Waals surface area contributed by atoms with Gasteiger partial charge in [-0.05, 0) is 30.5 Å². The number of amides is 1. The van der Waals surface area contributed by atoms with Crippen LogP contribution in [0.15, 0.2) is 24.3 Å². The molecule has 2 N–H and O–H groups in total. The maximum absolute atomic E-state index is 11.9. The molecular formula is C15H21NO3. The number of ether oxygens (including phenoxy) is 1. The van der Waals surface area contributed by atoms with Crippen molar-refractivity contribution < 1.29 is 14.6 Å². The molecule has 1 aliphatic carbocycles. The number of carbonyl (C=O) groups excluding carboxylic acids is 1. The van der Waals surface area contributed by atoms with E-state index in [1.807, 2.05) is 24.3 Å². The quantitative estimate of drug-likeness (QED) is 0.858. The molecule has 104 valence electrons. The van der Waals surface area contributed by atoms with Gasteiger partial charge in [-0.2, -0.15) is 0 Å². The largest absolute Gasteiger partial charge is 0.389 e. The molecule has 4 nitrogen and oxygen atoms in total. The number of aliphatic hydroxyl groups is 1. The Hall–Kier alpha value is -1.39. The Bertz CT molecular complexity index is 439. The number of methoxy groups -OCH3 is 1. The highest BCUT2D eigenvalue weighted by molar-refractivity contribution is 5.91. The summed E-state index contributed by atoms with van der Waals surface area (Å²) in [5.74, 6) is -0.126. The molecule has 0 atom stereocenters. The molecule has 19 heavy (non-hydrogen) atoms. The average molecular weight is 263 g/mol. The molecule has 0 unspecified atom stereocenters. The van der Waals surface area contributed by atoms with E-state index < -0.39 is 5.60 Å². The molecule has 0 bridgehead atoms. The molecule has 1 saturated carbocycles. The van der Waals surface area contributed by atoms with E-state index in [4.69, 9.17) is 4.74 Å². The fourth-order valence-corrected chi connectivity index (χ4v) is 2.62. The Morgan fingerprint density at radius 3 is 2.84 bits per heavy atom. The maximum atomic E-state index is 11.9. The van der Waals surface area contributed by atoms with Crippen molar-refractivity contribution in [2.45, 2.75) is 44.3 Å². The van der Waals surface area contributed by atoms with Gasteiger partial charge in [-0.25, -0.2) is 0 Å². The van der Waals surface area contributed by atoms with Crippen LogP contribution in [0.25, 0.3) is 0 Å². The average Bonchev–Trinajstić information content (AvgIpc) is 2.76. The van der Waals surface area contributed by atoms with Crippen molar-refractivity contribution in [3.05, 3.63) is 29.8 Å². The Balaban J connectivity index is 1.93. The highest BCUT2D eigenvalue weighted by Gasteiger charge is 2.33. The van der Waals surface area contributed by atoms with Crippen LogP contribution in [0.4, 0.5) is 5.69 Å². The van der Waals surface area contributed by atoms with Crippen molar-refractivity contribution in [1.29, 1.82) is 0 Å². The molecule has 1 aromatic rings. The van der Waals surface area contributed by atoms with Gasteiger partial charge in [-0.1, -0.05) is 25.0 Å². The van der Waals surface area contributed by atoms with E-state index in [0.29, 0.717) is 6.61 Å². The first-order valence-electron chi connectivity index (χ1n) is 6.71. The zero-order valence-corrected chi connectivity index (χ0v) is 11.3. The fourth-order valence-electron chi connectivity index (χ4n) is 2.62. The van der Waals surface area contributed by atoms with Gasteiger partial charge in [0.05, 0.1) is 18.6 Å². The number of hydrogen-bond donors (Lipinski definition) is 2. The lowest BCUT2D eigenvalue weighted by Crippen LogP contribution is -2.30. The summed E-state index contributed by atoms with van der Waals surface area (Å²) in [6.45, 7) is 0.521. The molecule has 0 aromatic heterocycles. The minimum Gasteiger partial charge on any atom is -0.389 e. The number of benzene rings is 1. The van der Waals surface area contributed by atoms with Crippen LogP contribution in [0.3, 0.4) is 0 Å². The molecule has 1 aliphatic rings. The fraction of sp³-hybridized carbons (Fsp3) is 0.533. The third-order valence-corrected chi connectivity index (χ3v) is 3.55. The van der Waals surface area contributed by atoms with Crippen molar-refractivity contribution in [1.82, 2.24) is 0 Å². The number of hydrogen-bond acceptors (Lipinski definition) is 3. The van der Waals surface area contributed by atoms with Gasteiger partial charge in [0, 0.05) is 12.8 Å². The Morgan fingerprint density at radius 2 is 2.16 bits per heavy atom. The van der Waals surface area contributed by atoms with Crippen LogP contribution in [-0.4, -0.2) is 23.7 Å². The van der Waals surface area contributed by atoms with Crippen LogP contribution in [0, 0.1) is 0 Å². The van der Waals surface area contributed by atoms with E-state index in [1.165, 1.54) is 0 Å². The monoisotopic (exact) mass is 263 g/mol. The van der Waals surface area contributed by atoms with Crippen LogP contribution < -0.4 is 5.32 Å². The minimum absolute atomic E-state index is 0.126. The standard InChI is InChI=1S/C15H21NO3/c1-19-11-12-5-4-6-13(9-12)16-14(17)10-15(18)7-2-3-8-15/h4-6,9,18H,2-3,7-8,10-11H2,1H3,(H,16,17). The molecule has 1 amide bonds. The Kier molecular flexibility index (Phi) is 4.56. The van der Waals surface area contributed by atoms with Gasteiger partial charge in [0.1, 0.15) is 0 Å². The molecule has 1 aromatic carbocycles. The second kappa shape index (κ2) is 6.17. The van der Waals surface area contributed by atoms with Gasteiger partial charge in [-0.3, -0.25) is 4.79 Å². The smallest absolute Gasteiger partial charge is 0.227 e. The molecule has 0 saturated heterocycles. The van der Waals surface area contributed by atoms with Crippen molar-refractivity contribution in [3.63, 3.8) is 0 Å². The zero-order valence-electron chi connectivity index (χ0n) is 11.3. The second-order valence-electron chi connectivity index (χ2n) is 5.29. The summed E-state index contributed by atoms with van der Waals surface area (Å²) in [6.07, 6.45) is 3.65. The lowest BCUT2D eigenvalue weighted by molar-refractivity contribution is -0.120. The summed E-state index contributed by atoms with van der Waals surface area (Å²) >= 11 is 0. The number of anilines is 1. The van der Waals surface area contributed by atoms with Gasteiger partial charge in [-0.15, -0.1) is 0 Å². The lowest BCUT2D eigenvalue weighted by atomic mass is 9.97. The van der Waals surface area contributed by atoms with Crippen LogP contribution in [-0.2, 0) is 16.1 Å². The zero-order chi connectivity index (χ0) is 13.7. The van der Waals surface area contributed by atoms with Crippen molar-refractivity contribution in [3.8, 4) is 0 Å². The van der Waals surface area contributed by atoms with E-state index >= 15 is 0 Å². The summed E-state index contributed by atoms with van der Waals surface area (Å²) in [4.78, 5) is 11.9. The number of carbonyl (C=O) groups is 1. The normalized spacial score (nSPS) is 17.4. The molecule has 0 aliphatic heterocycles. The summed E-state index contributed by atoms with van der Waals surface area (Å²) in [5, 5.41) is 13.0. The number of nitrogens with one attached hydrogen (secondary N) is 1. The first-order chi connectivity index (χ1) is 9.11. The van der Waals surface area contributed by atoms with E-state index in [-0.39, 0.29) is 12.3 Å². The molecule has 2 rings (SSSR count). The molecule has 0 radical (unpaired) electrons. The van der Waals surface area contributed by atoms with E-state index in [0.717, 1.165) is 36.9 Å². The van der Waals surface area contributed by atoms with E-state index in [1.54, 1.807) is 7.11 Å². The third-order valence-electron chi connectivity index (χ3n) is 3.55. The van der Waals surface area contributed by atoms with Crippen molar-refractivity contribution in [2.24, 2.45) is 0 Å². The highest BCUT2D eigenvalue weighted by Crippen LogP contribution is 2.32. The lowest BCUT2D eigenvalue weighted by Gasteiger charge is -2.21. The first kappa shape index (κ1) is 14.0. The van der Waals surface area contributed by atoms with Crippen LogP contribution in [0.1, 0.15) is 37.7 Å². The summed E-state index contributed by atoms with van der Waals surface area (Å²) in [7, 11) is 1.64. The number of rotatable bonds is 5. The van der Waals surface area contributed by atoms with Crippen LogP contribution >= 0.6 is 0 Å². The molecule has 0 heterocycles. The third kappa shape index (κ3) is 4.04. The summed E-state index contributed by atoms with van der Waals surface area (Å²) in [5.41, 5.74) is 0.967. The molecule has 1 fully saturated rings. The molecule has 0 spiro atoms. The molecular weight excluding hydrogens is 242 g/mol. The van der Waals surface area contributed by atoms with Gasteiger partial charge >= 0.3 is 0 Å². The minimum atomic E-state index is -0.797. The van der Waals surface area contributed by atoms with E-state index in [9.17, 15) is 9.90 Å².